The minimum Gasteiger partial charge on any atom is -0.317 e. The van der Waals surface area contributed by atoms with Gasteiger partial charge in [-0.15, -0.1) is 0 Å². The summed E-state index contributed by atoms with van der Waals surface area (Å²) in [6, 6.07) is 0.459. The minimum absolute atomic E-state index is 0.108. The van der Waals surface area contributed by atoms with E-state index in [9.17, 15) is 13.2 Å². The number of nitrogens with one attached hydrogen (secondary N) is 1. The molecule has 0 bridgehead atoms. The van der Waals surface area contributed by atoms with E-state index in [1.807, 2.05) is 11.9 Å². The van der Waals surface area contributed by atoms with Gasteiger partial charge in [0.05, 0.1) is 6.42 Å². The second kappa shape index (κ2) is 7.34. The molecule has 0 saturated heterocycles. The normalized spacial score (nSPS) is 26.3. The largest absolute Gasteiger partial charge is 0.390 e. The van der Waals surface area contributed by atoms with Gasteiger partial charge in [-0.25, -0.2) is 0 Å². The lowest BCUT2D eigenvalue weighted by molar-refractivity contribution is -0.137. The standard InChI is InChI=1S/C13H25F3N2/c1-17-12-7-5-3-4-6-11(12)10-18(2)9-8-13(14,15)16/h11-12,17H,3-10H2,1-2H3. The first-order valence-corrected chi connectivity index (χ1v) is 6.85. The first kappa shape index (κ1) is 15.8. The van der Waals surface area contributed by atoms with Gasteiger partial charge in [-0.2, -0.15) is 13.2 Å². The number of halogens is 3. The lowest BCUT2D eigenvalue weighted by Crippen LogP contribution is -2.40. The molecule has 1 saturated carbocycles. The van der Waals surface area contributed by atoms with Crippen molar-refractivity contribution in [2.45, 2.75) is 50.7 Å². The van der Waals surface area contributed by atoms with E-state index in [0.717, 1.165) is 19.4 Å². The topological polar surface area (TPSA) is 15.3 Å². The van der Waals surface area contributed by atoms with Gasteiger partial charge in [0.2, 0.25) is 0 Å². The third kappa shape index (κ3) is 6.05. The zero-order valence-corrected chi connectivity index (χ0v) is 11.4. The Hall–Kier alpha value is -0.290. The van der Waals surface area contributed by atoms with Crippen LogP contribution >= 0.6 is 0 Å². The highest BCUT2D eigenvalue weighted by atomic mass is 19.4. The zero-order valence-electron chi connectivity index (χ0n) is 11.4. The molecule has 1 aliphatic carbocycles. The first-order chi connectivity index (χ1) is 8.42. The Morgan fingerprint density at radius 3 is 2.44 bits per heavy atom. The summed E-state index contributed by atoms with van der Waals surface area (Å²) >= 11 is 0. The number of rotatable bonds is 5. The Labute approximate surface area is 108 Å². The van der Waals surface area contributed by atoms with E-state index in [1.54, 1.807) is 7.05 Å². The lowest BCUT2D eigenvalue weighted by atomic mass is 9.94. The van der Waals surface area contributed by atoms with Crippen molar-refractivity contribution in [3.63, 3.8) is 0 Å². The minimum atomic E-state index is -4.04. The number of alkyl halides is 3. The van der Waals surface area contributed by atoms with Crippen LogP contribution in [0, 0.1) is 5.92 Å². The van der Waals surface area contributed by atoms with Gasteiger partial charge in [-0.1, -0.05) is 19.3 Å². The van der Waals surface area contributed by atoms with Gasteiger partial charge in [0, 0.05) is 19.1 Å². The monoisotopic (exact) mass is 266 g/mol. The highest BCUT2D eigenvalue weighted by Crippen LogP contribution is 2.25. The summed E-state index contributed by atoms with van der Waals surface area (Å²) < 4.78 is 36.5. The van der Waals surface area contributed by atoms with Gasteiger partial charge in [0.25, 0.3) is 0 Å². The van der Waals surface area contributed by atoms with Gasteiger partial charge in [-0.3, -0.25) is 0 Å². The molecule has 0 radical (unpaired) electrons. The van der Waals surface area contributed by atoms with Crippen molar-refractivity contribution in [2.75, 3.05) is 27.2 Å². The molecule has 0 amide bonds. The predicted octanol–water partition coefficient (Wildman–Crippen LogP) is 3.04. The quantitative estimate of drug-likeness (QED) is 0.769. The van der Waals surface area contributed by atoms with Crippen LogP contribution in [0.5, 0.6) is 0 Å². The van der Waals surface area contributed by atoms with Gasteiger partial charge in [0.15, 0.2) is 0 Å². The summed E-state index contributed by atoms with van der Waals surface area (Å²) in [6.07, 6.45) is 1.21. The van der Waals surface area contributed by atoms with Crippen LogP contribution in [0.2, 0.25) is 0 Å². The molecule has 5 heteroatoms. The van der Waals surface area contributed by atoms with E-state index in [0.29, 0.717) is 12.0 Å². The molecule has 1 aliphatic rings. The Kier molecular flexibility index (Phi) is 6.43. The number of hydrogen-bond acceptors (Lipinski definition) is 2. The third-order valence-corrected chi connectivity index (χ3v) is 3.85. The summed E-state index contributed by atoms with van der Waals surface area (Å²) in [4.78, 5) is 1.83. The van der Waals surface area contributed by atoms with Crippen LogP contribution in [0.1, 0.15) is 38.5 Å². The maximum Gasteiger partial charge on any atom is 0.390 e. The van der Waals surface area contributed by atoms with Crippen LogP contribution in [-0.2, 0) is 0 Å². The van der Waals surface area contributed by atoms with E-state index in [2.05, 4.69) is 5.32 Å². The maximum atomic E-state index is 12.2. The molecule has 0 aromatic rings. The van der Waals surface area contributed by atoms with E-state index in [1.165, 1.54) is 19.3 Å². The second-order valence-electron chi connectivity index (χ2n) is 5.42. The Morgan fingerprint density at radius 1 is 1.17 bits per heavy atom. The fourth-order valence-corrected chi connectivity index (χ4v) is 2.79. The smallest absolute Gasteiger partial charge is 0.317 e. The van der Waals surface area contributed by atoms with E-state index in [-0.39, 0.29) is 6.54 Å². The Morgan fingerprint density at radius 2 is 1.83 bits per heavy atom. The van der Waals surface area contributed by atoms with Crippen LogP contribution in [0.25, 0.3) is 0 Å². The van der Waals surface area contributed by atoms with Crippen molar-refractivity contribution in [3.8, 4) is 0 Å². The van der Waals surface area contributed by atoms with Crippen LogP contribution in [-0.4, -0.2) is 44.3 Å². The molecule has 18 heavy (non-hydrogen) atoms. The van der Waals surface area contributed by atoms with Crippen LogP contribution in [0.3, 0.4) is 0 Å². The van der Waals surface area contributed by atoms with Crippen molar-refractivity contribution in [3.05, 3.63) is 0 Å². The predicted molar refractivity (Wildman–Crippen MR) is 67.6 cm³/mol. The van der Waals surface area contributed by atoms with Crippen LogP contribution < -0.4 is 5.32 Å². The highest BCUT2D eigenvalue weighted by molar-refractivity contribution is 4.80. The van der Waals surface area contributed by atoms with E-state index < -0.39 is 12.6 Å². The molecule has 1 N–H and O–H groups in total. The average molecular weight is 266 g/mol. The molecular weight excluding hydrogens is 241 g/mol. The fourth-order valence-electron chi connectivity index (χ4n) is 2.79. The van der Waals surface area contributed by atoms with Crippen molar-refractivity contribution >= 4 is 0 Å². The van der Waals surface area contributed by atoms with Crippen molar-refractivity contribution < 1.29 is 13.2 Å². The molecule has 0 aliphatic heterocycles. The fraction of sp³-hybridized carbons (Fsp3) is 1.00. The number of nitrogens with zero attached hydrogens (tertiary/aromatic N) is 1. The third-order valence-electron chi connectivity index (χ3n) is 3.85. The molecule has 0 aromatic carbocycles. The summed E-state index contributed by atoms with van der Waals surface area (Å²) in [7, 11) is 3.75. The molecule has 108 valence electrons. The van der Waals surface area contributed by atoms with Crippen LogP contribution in [0.15, 0.2) is 0 Å². The highest BCUT2D eigenvalue weighted by Gasteiger charge is 2.28. The average Bonchev–Trinajstić information content (AvgIpc) is 2.50. The zero-order chi connectivity index (χ0) is 13.6. The lowest BCUT2D eigenvalue weighted by Gasteiger charge is -2.29. The SMILES string of the molecule is CNC1CCCCCC1CN(C)CCC(F)(F)F. The molecule has 0 spiro atoms. The first-order valence-electron chi connectivity index (χ1n) is 6.85. The summed E-state index contributed by atoms with van der Waals surface area (Å²) in [5.74, 6) is 0.482. The maximum absolute atomic E-state index is 12.2. The Bertz CT molecular complexity index is 231. The Balaban J connectivity index is 2.38. The second-order valence-corrected chi connectivity index (χ2v) is 5.42. The molecule has 1 rings (SSSR count). The summed E-state index contributed by atoms with van der Waals surface area (Å²) in [5.41, 5.74) is 0. The van der Waals surface area contributed by atoms with E-state index in [4.69, 9.17) is 0 Å². The summed E-state index contributed by atoms with van der Waals surface area (Å²) in [5, 5.41) is 3.32. The van der Waals surface area contributed by atoms with Gasteiger partial charge in [0.1, 0.15) is 0 Å². The molecular formula is C13H25F3N2. The molecule has 0 heterocycles. The van der Waals surface area contributed by atoms with Gasteiger partial charge < -0.3 is 10.2 Å². The van der Waals surface area contributed by atoms with Crippen LogP contribution in [0.4, 0.5) is 13.2 Å². The number of hydrogen-bond donors (Lipinski definition) is 1. The van der Waals surface area contributed by atoms with Crippen molar-refractivity contribution in [1.29, 1.82) is 0 Å². The van der Waals surface area contributed by atoms with Crippen molar-refractivity contribution in [1.82, 2.24) is 10.2 Å². The van der Waals surface area contributed by atoms with E-state index >= 15 is 0 Å². The summed E-state index contributed by atoms with van der Waals surface area (Å²) in [6.45, 7) is 0.873. The molecule has 2 unspecified atom stereocenters. The molecule has 0 aromatic heterocycles. The molecule has 2 nitrogen and oxygen atoms in total. The molecule has 1 fully saturated rings. The van der Waals surface area contributed by atoms with Gasteiger partial charge >= 0.3 is 6.18 Å². The molecule has 2 atom stereocenters. The van der Waals surface area contributed by atoms with Crippen molar-refractivity contribution in [2.24, 2.45) is 5.92 Å². The van der Waals surface area contributed by atoms with Gasteiger partial charge in [-0.05, 0) is 32.9 Å².